The van der Waals surface area contributed by atoms with Crippen LogP contribution in [0.3, 0.4) is 0 Å². The van der Waals surface area contributed by atoms with E-state index in [1.54, 1.807) is 12.1 Å². The molecule has 0 spiro atoms. The fourth-order valence-corrected chi connectivity index (χ4v) is 6.03. The first-order chi connectivity index (χ1) is 20.7. The fraction of sp³-hybridized carbons (Fsp3) is 0. The lowest BCUT2D eigenvalue weighted by Gasteiger charge is -2.33. The molecular weight excluding hydrogens is 519 g/mol. The highest BCUT2D eigenvalue weighted by molar-refractivity contribution is 6.58. The number of ether oxygens (including phenoxy) is 1. The van der Waals surface area contributed by atoms with Gasteiger partial charge in [-0.15, -0.1) is 0 Å². The van der Waals surface area contributed by atoms with Crippen LogP contribution in [-0.4, -0.2) is 21.7 Å². The van der Waals surface area contributed by atoms with Gasteiger partial charge in [0.15, 0.2) is 11.5 Å². The average Bonchev–Trinajstić information content (AvgIpc) is 3.37. The lowest BCUT2D eigenvalue weighted by molar-refractivity contribution is 0.425. The van der Waals surface area contributed by atoms with Crippen LogP contribution in [0.2, 0.25) is 0 Å². The Morgan fingerprint density at radius 1 is 0.500 bits per heavy atom. The lowest BCUT2D eigenvalue weighted by atomic mass is 9.80. The molecule has 0 saturated heterocycles. The number of para-hydroxylation sites is 3. The van der Waals surface area contributed by atoms with Crippen molar-refractivity contribution in [3.63, 3.8) is 0 Å². The van der Waals surface area contributed by atoms with Gasteiger partial charge < -0.3 is 24.3 Å². The maximum atomic E-state index is 9.82. The minimum absolute atomic E-state index is 0.377. The Bertz CT molecular complexity index is 2110. The molecule has 0 atom stereocenters. The van der Waals surface area contributed by atoms with Gasteiger partial charge in [-0.1, -0.05) is 72.8 Å². The standard InChI is InChI=1S/C36H25BN2O3/c40-37(41)26-17-20-34-36(23-26)42-35-22-25(16-19-33(35)39(34)28-11-5-2-6-12-28)24-15-18-32-30(21-24)29-13-7-8-14-31(29)38(32)27-9-3-1-4-10-27/h1-23,40-41H. The summed E-state index contributed by atoms with van der Waals surface area (Å²) in [5.74, 6) is 1.26. The van der Waals surface area contributed by atoms with E-state index in [1.165, 1.54) is 16.3 Å². The van der Waals surface area contributed by atoms with Gasteiger partial charge in [0.1, 0.15) is 0 Å². The van der Waals surface area contributed by atoms with Gasteiger partial charge in [0.2, 0.25) is 0 Å². The summed E-state index contributed by atoms with van der Waals surface area (Å²) >= 11 is 0. The minimum Gasteiger partial charge on any atom is -0.453 e. The van der Waals surface area contributed by atoms with Crippen molar-refractivity contribution in [1.82, 2.24) is 4.57 Å². The third kappa shape index (κ3) is 3.89. The molecule has 0 bridgehead atoms. The first-order valence-corrected chi connectivity index (χ1v) is 13.9. The summed E-state index contributed by atoms with van der Waals surface area (Å²) in [6.07, 6.45) is 0. The molecule has 2 heterocycles. The van der Waals surface area contributed by atoms with Crippen LogP contribution >= 0.6 is 0 Å². The molecule has 1 aliphatic rings. The molecule has 7 aromatic rings. The third-order valence-corrected chi connectivity index (χ3v) is 7.98. The predicted octanol–water partition coefficient (Wildman–Crippen LogP) is 7.71. The average molecular weight is 544 g/mol. The van der Waals surface area contributed by atoms with Crippen LogP contribution in [-0.2, 0) is 0 Å². The Labute approximate surface area is 243 Å². The molecule has 200 valence electrons. The van der Waals surface area contributed by atoms with Crippen LogP contribution in [0, 0.1) is 0 Å². The summed E-state index contributed by atoms with van der Waals surface area (Å²) in [7, 11) is -1.58. The lowest BCUT2D eigenvalue weighted by Crippen LogP contribution is -2.30. The number of aromatic nitrogens is 1. The second-order valence-corrected chi connectivity index (χ2v) is 10.5. The van der Waals surface area contributed by atoms with Crippen molar-refractivity contribution in [2.75, 3.05) is 4.90 Å². The topological polar surface area (TPSA) is 57.9 Å². The molecule has 0 radical (unpaired) electrons. The molecule has 42 heavy (non-hydrogen) atoms. The number of hydrogen-bond donors (Lipinski definition) is 2. The molecule has 1 aliphatic heterocycles. The molecule has 6 aromatic carbocycles. The zero-order chi connectivity index (χ0) is 28.2. The van der Waals surface area contributed by atoms with Crippen LogP contribution in [0.15, 0.2) is 140 Å². The van der Waals surface area contributed by atoms with Gasteiger partial charge in [-0.25, -0.2) is 0 Å². The molecule has 6 heteroatoms. The van der Waals surface area contributed by atoms with Crippen molar-refractivity contribution >= 4 is 51.4 Å². The first kappa shape index (κ1) is 24.5. The molecule has 0 saturated carbocycles. The van der Waals surface area contributed by atoms with Crippen LogP contribution in [0.5, 0.6) is 11.5 Å². The normalized spacial score (nSPS) is 12.2. The maximum Gasteiger partial charge on any atom is 0.488 e. The van der Waals surface area contributed by atoms with E-state index in [0.717, 1.165) is 39.4 Å². The quantitative estimate of drug-likeness (QED) is 0.223. The van der Waals surface area contributed by atoms with Crippen molar-refractivity contribution in [3.8, 4) is 28.3 Å². The number of hydrogen-bond acceptors (Lipinski definition) is 4. The highest BCUT2D eigenvalue weighted by Gasteiger charge is 2.28. The second-order valence-electron chi connectivity index (χ2n) is 10.5. The van der Waals surface area contributed by atoms with Gasteiger partial charge in [-0.2, -0.15) is 0 Å². The van der Waals surface area contributed by atoms with Gasteiger partial charge in [0.25, 0.3) is 0 Å². The Hall–Kier alpha value is -5.30. The summed E-state index contributed by atoms with van der Waals surface area (Å²) in [5.41, 5.74) is 8.68. The minimum atomic E-state index is -1.58. The van der Waals surface area contributed by atoms with Crippen molar-refractivity contribution in [3.05, 3.63) is 140 Å². The van der Waals surface area contributed by atoms with Crippen LogP contribution in [0.1, 0.15) is 0 Å². The van der Waals surface area contributed by atoms with Crippen molar-refractivity contribution in [2.45, 2.75) is 0 Å². The van der Waals surface area contributed by atoms with Crippen molar-refractivity contribution < 1.29 is 14.8 Å². The van der Waals surface area contributed by atoms with Gasteiger partial charge in [-0.05, 0) is 83.3 Å². The number of fused-ring (bicyclic) bond motifs is 5. The highest BCUT2D eigenvalue weighted by Crippen LogP contribution is 2.51. The van der Waals surface area contributed by atoms with Gasteiger partial charge in [0, 0.05) is 22.1 Å². The molecule has 1 aromatic heterocycles. The smallest absolute Gasteiger partial charge is 0.453 e. The van der Waals surface area contributed by atoms with E-state index in [2.05, 4.69) is 107 Å². The molecule has 0 unspecified atom stereocenters. The number of nitrogens with zero attached hydrogens (tertiary/aromatic N) is 2. The molecule has 2 N–H and O–H groups in total. The Kier molecular flexibility index (Phi) is 5.64. The summed E-state index contributed by atoms with van der Waals surface area (Å²) in [5, 5.41) is 22.0. The summed E-state index contributed by atoms with van der Waals surface area (Å²) < 4.78 is 8.75. The molecule has 8 rings (SSSR count). The predicted molar refractivity (Wildman–Crippen MR) is 171 cm³/mol. The molecule has 0 aliphatic carbocycles. The maximum absolute atomic E-state index is 9.82. The zero-order valence-electron chi connectivity index (χ0n) is 22.6. The van der Waals surface area contributed by atoms with E-state index in [-0.39, 0.29) is 0 Å². The van der Waals surface area contributed by atoms with E-state index in [0.29, 0.717) is 17.0 Å². The number of rotatable bonds is 4. The molecular formula is C36H25BN2O3. The fourth-order valence-electron chi connectivity index (χ4n) is 6.03. The first-order valence-electron chi connectivity index (χ1n) is 13.9. The van der Waals surface area contributed by atoms with E-state index >= 15 is 0 Å². The monoisotopic (exact) mass is 544 g/mol. The Morgan fingerprint density at radius 2 is 1.10 bits per heavy atom. The summed E-state index contributed by atoms with van der Waals surface area (Å²) in [4.78, 5) is 2.14. The largest absolute Gasteiger partial charge is 0.488 e. The van der Waals surface area contributed by atoms with Crippen molar-refractivity contribution in [2.24, 2.45) is 0 Å². The summed E-state index contributed by atoms with van der Waals surface area (Å²) in [6, 6.07) is 47.2. The van der Waals surface area contributed by atoms with Gasteiger partial charge in [0.05, 0.1) is 22.4 Å². The zero-order valence-corrected chi connectivity index (χ0v) is 22.6. The number of benzene rings is 6. The molecule has 0 fully saturated rings. The van der Waals surface area contributed by atoms with Crippen LogP contribution in [0.25, 0.3) is 38.6 Å². The highest BCUT2D eigenvalue weighted by atomic mass is 16.5. The molecule has 5 nitrogen and oxygen atoms in total. The summed E-state index contributed by atoms with van der Waals surface area (Å²) in [6.45, 7) is 0. The Balaban J connectivity index is 1.28. The second kappa shape index (κ2) is 9.66. The van der Waals surface area contributed by atoms with Crippen LogP contribution < -0.4 is 15.1 Å². The van der Waals surface area contributed by atoms with E-state index < -0.39 is 7.12 Å². The van der Waals surface area contributed by atoms with Gasteiger partial charge in [-0.3, -0.25) is 0 Å². The van der Waals surface area contributed by atoms with Crippen LogP contribution in [0.4, 0.5) is 17.1 Å². The number of anilines is 3. The SMILES string of the molecule is OB(O)c1ccc2c(c1)Oc1cc(-c3ccc4c(c3)c3ccccc3n4-c3ccccc3)ccc1N2c1ccccc1. The van der Waals surface area contributed by atoms with E-state index in [1.807, 2.05) is 30.3 Å². The van der Waals surface area contributed by atoms with E-state index in [4.69, 9.17) is 4.74 Å². The van der Waals surface area contributed by atoms with E-state index in [9.17, 15) is 10.0 Å². The molecule has 0 amide bonds. The third-order valence-electron chi connectivity index (χ3n) is 7.98. The Morgan fingerprint density at radius 3 is 1.86 bits per heavy atom. The van der Waals surface area contributed by atoms with Crippen molar-refractivity contribution in [1.29, 1.82) is 0 Å². The van der Waals surface area contributed by atoms with Gasteiger partial charge >= 0.3 is 7.12 Å².